The summed E-state index contributed by atoms with van der Waals surface area (Å²) in [4.78, 5) is 32.5. The van der Waals surface area contributed by atoms with Gasteiger partial charge in [-0.05, 0) is 98.9 Å². The number of carboxylic acids is 1. The summed E-state index contributed by atoms with van der Waals surface area (Å²) >= 11 is 2.22. The fraction of sp³-hybridized carbons (Fsp3) is 0.500. The summed E-state index contributed by atoms with van der Waals surface area (Å²) in [5, 5.41) is 9.55. The molecule has 1 aromatic heterocycles. The molecule has 1 aliphatic heterocycles. The van der Waals surface area contributed by atoms with Crippen molar-refractivity contribution in [2.75, 3.05) is 35.2 Å². The van der Waals surface area contributed by atoms with Crippen molar-refractivity contribution in [2.45, 2.75) is 58.5 Å². The molecular weight excluding hydrogens is 559 g/mol. The van der Waals surface area contributed by atoms with Gasteiger partial charge in [-0.15, -0.1) is 0 Å². The first-order valence-corrected chi connectivity index (χ1v) is 13.1. The smallest absolute Gasteiger partial charge is 0.416 e. The highest BCUT2D eigenvalue weighted by molar-refractivity contribution is 14.1. The van der Waals surface area contributed by atoms with E-state index in [1.165, 1.54) is 0 Å². The highest BCUT2D eigenvalue weighted by Gasteiger charge is 2.25. The van der Waals surface area contributed by atoms with Gasteiger partial charge in [-0.2, -0.15) is 0 Å². The maximum Gasteiger partial charge on any atom is 0.416 e. The third-order valence-electron chi connectivity index (χ3n) is 6.04. The van der Waals surface area contributed by atoms with E-state index in [4.69, 9.17) is 10.5 Å². The molecule has 190 valence electrons. The van der Waals surface area contributed by atoms with Crippen LogP contribution in [0.3, 0.4) is 0 Å². The lowest BCUT2D eigenvalue weighted by atomic mass is 9.91. The quantitative estimate of drug-likeness (QED) is 0.294. The van der Waals surface area contributed by atoms with E-state index >= 15 is 0 Å². The number of amides is 1. The number of halogens is 1. The van der Waals surface area contributed by atoms with Crippen LogP contribution in [0.2, 0.25) is 0 Å². The zero-order valence-electron chi connectivity index (χ0n) is 20.7. The van der Waals surface area contributed by atoms with Gasteiger partial charge in [0.1, 0.15) is 17.2 Å². The van der Waals surface area contributed by atoms with E-state index in [0.29, 0.717) is 29.7 Å². The number of pyridine rings is 1. The van der Waals surface area contributed by atoms with Gasteiger partial charge in [-0.3, -0.25) is 4.90 Å². The Morgan fingerprint density at radius 1 is 1.20 bits per heavy atom. The van der Waals surface area contributed by atoms with Crippen LogP contribution >= 0.6 is 22.6 Å². The number of benzene rings is 1. The van der Waals surface area contributed by atoms with E-state index in [1.807, 2.05) is 32.9 Å². The minimum absolute atomic E-state index is 0.362. The highest BCUT2D eigenvalue weighted by atomic mass is 127. The van der Waals surface area contributed by atoms with Crippen LogP contribution in [0.15, 0.2) is 36.4 Å². The van der Waals surface area contributed by atoms with Gasteiger partial charge in [0.15, 0.2) is 0 Å². The lowest BCUT2D eigenvalue weighted by Gasteiger charge is -2.34. The molecule has 1 saturated heterocycles. The van der Waals surface area contributed by atoms with Crippen LogP contribution in [-0.4, -0.2) is 47.4 Å². The molecule has 0 unspecified atom stereocenters. The molecule has 3 N–H and O–H groups in total. The van der Waals surface area contributed by atoms with Crippen molar-refractivity contribution in [3.05, 3.63) is 45.5 Å². The summed E-state index contributed by atoms with van der Waals surface area (Å²) in [6.07, 6.45) is 4.51. The summed E-state index contributed by atoms with van der Waals surface area (Å²) in [5.41, 5.74) is 6.41. The molecule has 1 amide bonds. The molecular formula is C26H35IN4O4. The van der Waals surface area contributed by atoms with E-state index in [0.717, 1.165) is 54.5 Å². The van der Waals surface area contributed by atoms with E-state index in [-0.39, 0.29) is 0 Å². The van der Waals surface area contributed by atoms with Crippen molar-refractivity contribution in [3.8, 4) is 0 Å². The fourth-order valence-electron chi connectivity index (χ4n) is 4.32. The highest BCUT2D eigenvalue weighted by Crippen LogP contribution is 2.30. The molecule has 1 fully saturated rings. The number of carbonyl (C=O) groups is 2. The van der Waals surface area contributed by atoms with Crippen molar-refractivity contribution >= 4 is 52.0 Å². The maximum atomic E-state index is 12.8. The predicted molar refractivity (Wildman–Crippen MR) is 147 cm³/mol. The van der Waals surface area contributed by atoms with Crippen molar-refractivity contribution in [3.63, 3.8) is 0 Å². The normalized spacial score (nSPS) is 14.6. The lowest BCUT2D eigenvalue weighted by molar-refractivity contribution is 0.0577. The Morgan fingerprint density at radius 3 is 2.54 bits per heavy atom. The molecule has 0 saturated carbocycles. The summed E-state index contributed by atoms with van der Waals surface area (Å²) < 4.78 is 6.62. The number of carbonyl (C=O) groups excluding carboxylic acids is 1. The number of carboxylic acid groups (broad SMARTS) is 1. The standard InChI is InChI=1S/C26H35IN4O4/c1-26(2,3)35-25(34)31(23-9-6-8-22(28)29-23)14-5-4-7-18-12-15-30(16-13-18)21-17-19(27)10-11-20(21)24(32)33/h6,8-11,17-18H,4-5,7,12-16H2,1-3H3,(H2,28,29)(H,32,33). The van der Waals surface area contributed by atoms with E-state index < -0.39 is 17.7 Å². The molecule has 0 radical (unpaired) electrons. The zero-order valence-corrected chi connectivity index (χ0v) is 22.8. The molecule has 0 spiro atoms. The molecule has 0 aliphatic carbocycles. The van der Waals surface area contributed by atoms with Gasteiger partial charge in [-0.1, -0.05) is 18.9 Å². The third-order valence-corrected chi connectivity index (χ3v) is 6.71. The molecule has 8 nitrogen and oxygen atoms in total. The lowest BCUT2D eigenvalue weighted by Crippen LogP contribution is -2.38. The Hall–Kier alpha value is -2.56. The fourth-order valence-corrected chi connectivity index (χ4v) is 4.79. The van der Waals surface area contributed by atoms with Crippen molar-refractivity contribution in [2.24, 2.45) is 5.92 Å². The number of rotatable bonds is 8. The van der Waals surface area contributed by atoms with Gasteiger partial charge in [0.05, 0.1) is 11.3 Å². The minimum atomic E-state index is -0.886. The number of aromatic nitrogens is 1. The van der Waals surface area contributed by atoms with Crippen LogP contribution in [0.4, 0.5) is 22.1 Å². The van der Waals surface area contributed by atoms with Gasteiger partial charge in [-0.25, -0.2) is 14.6 Å². The topological polar surface area (TPSA) is 109 Å². The molecule has 2 aromatic rings. The molecule has 1 aromatic carbocycles. The van der Waals surface area contributed by atoms with Gasteiger partial charge in [0, 0.05) is 23.2 Å². The second kappa shape index (κ2) is 11.9. The van der Waals surface area contributed by atoms with Crippen molar-refractivity contribution in [1.82, 2.24) is 4.98 Å². The summed E-state index contributed by atoms with van der Waals surface area (Å²) in [6, 6.07) is 10.7. The zero-order chi connectivity index (χ0) is 25.6. The molecule has 0 atom stereocenters. The molecule has 9 heteroatoms. The monoisotopic (exact) mass is 594 g/mol. The molecule has 2 heterocycles. The minimum Gasteiger partial charge on any atom is -0.478 e. The number of nitrogens with two attached hydrogens (primary N) is 1. The Balaban J connectivity index is 1.52. The molecule has 35 heavy (non-hydrogen) atoms. The Labute approximate surface area is 221 Å². The number of nitrogens with zero attached hydrogens (tertiary/aromatic N) is 3. The summed E-state index contributed by atoms with van der Waals surface area (Å²) in [5.74, 6) is 0.562. The number of hydrogen-bond donors (Lipinski definition) is 2. The van der Waals surface area contributed by atoms with E-state index in [2.05, 4.69) is 32.5 Å². The Bertz CT molecular complexity index is 1030. The predicted octanol–water partition coefficient (Wildman–Crippen LogP) is 5.80. The molecule has 1 aliphatic rings. The van der Waals surface area contributed by atoms with Crippen molar-refractivity contribution in [1.29, 1.82) is 0 Å². The van der Waals surface area contributed by atoms with Crippen LogP contribution in [0.25, 0.3) is 0 Å². The number of hydrogen-bond acceptors (Lipinski definition) is 6. The first kappa shape index (κ1) is 27.0. The van der Waals surface area contributed by atoms with E-state index in [9.17, 15) is 14.7 Å². The summed E-state index contributed by atoms with van der Waals surface area (Å²) in [7, 11) is 0. The van der Waals surface area contributed by atoms with Gasteiger partial charge >= 0.3 is 12.1 Å². The van der Waals surface area contributed by atoms with Crippen LogP contribution in [-0.2, 0) is 4.74 Å². The second-order valence-electron chi connectivity index (χ2n) is 9.95. The first-order valence-electron chi connectivity index (χ1n) is 12.0. The number of unbranched alkanes of at least 4 members (excludes halogenated alkanes) is 1. The largest absolute Gasteiger partial charge is 0.478 e. The van der Waals surface area contributed by atoms with Crippen LogP contribution < -0.4 is 15.5 Å². The van der Waals surface area contributed by atoms with Crippen LogP contribution in [0.5, 0.6) is 0 Å². The number of ether oxygens (including phenoxy) is 1. The third kappa shape index (κ3) is 7.98. The number of anilines is 3. The van der Waals surface area contributed by atoms with E-state index in [1.54, 1.807) is 29.2 Å². The van der Waals surface area contributed by atoms with Gasteiger partial charge < -0.3 is 20.5 Å². The first-order chi connectivity index (χ1) is 16.5. The molecule has 0 bridgehead atoms. The van der Waals surface area contributed by atoms with Crippen LogP contribution in [0, 0.1) is 9.49 Å². The van der Waals surface area contributed by atoms with Crippen LogP contribution in [0.1, 0.15) is 63.2 Å². The number of piperidine rings is 1. The number of aromatic carboxylic acids is 1. The van der Waals surface area contributed by atoms with Gasteiger partial charge in [0.25, 0.3) is 0 Å². The van der Waals surface area contributed by atoms with Crippen molar-refractivity contribution < 1.29 is 19.4 Å². The SMILES string of the molecule is CC(C)(C)OC(=O)N(CCCCC1CCN(c2cc(I)ccc2C(=O)O)CC1)c1cccc(N)n1. The summed E-state index contributed by atoms with van der Waals surface area (Å²) in [6.45, 7) is 7.74. The Morgan fingerprint density at radius 2 is 1.91 bits per heavy atom. The Kier molecular flexibility index (Phi) is 9.21. The average Bonchev–Trinajstić information content (AvgIpc) is 2.78. The average molecular weight is 594 g/mol. The molecule has 3 rings (SSSR count). The maximum absolute atomic E-state index is 12.8. The second-order valence-corrected chi connectivity index (χ2v) is 11.2. The number of nitrogen functional groups attached to an aromatic ring is 1. The van der Waals surface area contributed by atoms with Gasteiger partial charge in [0.2, 0.25) is 0 Å².